The summed E-state index contributed by atoms with van der Waals surface area (Å²) in [6.45, 7) is 2.69. The summed E-state index contributed by atoms with van der Waals surface area (Å²) in [7, 11) is -3.83. The Morgan fingerprint density at radius 1 is 1.39 bits per heavy atom. The van der Waals surface area contributed by atoms with Crippen LogP contribution in [0.5, 0.6) is 0 Å². The number of nitrogens with zero attached hydrogens (tertiary/aromatic N) is 1. The zero-order valence-electron chi connectivity index (χ0n) is 10.0. The lowest BCUT2D eigenvalue weighted by atomic mass is 10.1. The van der Waals surface area contributed by atoms with Gasteiger partial charge < -0.3 is 5.11 Å². The highest BCUT2D eigenvalue weighted by Crippen LogP contribution is 2.25. The maximum atomic E-state index is 11.8. The van der Waals surface area contributed by atoms with E-state index in [1.165, 1.54) is 6.07 Å². The van der Waals surface area contributed by atoms with E-state index in [4.69, 9.17) is 5.11 Å². The monoisotopic (exact) mass is 274 g/mol. The Hall–Kier alpha value is -1.51. The molecule has 0 fully saturated rings. The Bertz CT molecular complexity index is 568. The summed E-state index contributed by atoms with van der Waals surface area (Å²) in [5, 5.41) is 19.4. The molecule has 0 bridgehead atoms. The van der Waals surface area contributed by atoms with Crippen LogP contribution in [-0.2, 0) is 10.0 Å². The number of hydrogen-bond acceptors (Lipinski definition) is 5. The first kappa shape index (κ1) is 14.6. The van der Waals surface area contributed by atoms with E-state index in [1.807, 2.05) is 0 Å². The first-order valence-electron chi connectivity index (χ1n) is 5.15. The predicted molar refractivity (Wildman–Crippen MR) is 64.8 cm³/mol. The van der Waals surface area contributed by atoms with Gasteiger partial charge >= 0.3 is 0 Å². The number of aliphatic hydroxyl groups is 1. The molecule has 0 aliphatic carbocycles. The fraction of sp³-hybridized carbons (Fsp3) is 0.400. The largest absolute Gasteiger partial charge is 0.395 e. The van der Waals surface area contributed by atoms with Crippen molar-refractivity contribution in [3.63, 3.8) is 0 Å². The normalized spacial score (nSPS) is 11.5. The molecule has 0 aromatic heterocycles. The van der Waals surface area contributed by atoms with Crippen molar-refractivity contribution in [3.8, 4) is 0 Å². The third-order valence-corrected chi connectivity index (χ3v) is 3.96. The number of rotatable bonds is 5. The van der Waals surface area contributed by atoms with E-state index >= 15 is 0 Å². The highest BCUT2D eigenvalue weighted by Gasteiger charge is 2.21. The molecule has 1 aromatic carbocycles. The summed E-state index contributed by atoms with van der Waals surface area (Å²) in [5.41, 5.74) is 0.717. The molecule has 8 heteroatoms. The highest BCUT2D eigenvalue weighted by molar-refractivity contribution is 7.89. The number of nitrogens with one attached hydrogen (secondary N) is 1. The van der Waals surface area contributed by atoms with E-state index in [0.717, 1.165) is 6.07 Å². The van der Waals surface area contributed by atoms with Gasteiger partial charge in [-0.05, 0) is 25.5 Å². The van der Waals surface area contributed by atoms with Gasteiger partial charge in [0.25, 0.3) is 5.69 Å². The standard InChI is InChI=1S/C10H14N2O5S/c1-7-5-9(18(16,17)11-3-4-13)6-10(8(7)2)12(14)15/h5-6,11,13H,3-4H2,1-2H3. The van der Waals surface area contributed by atoms with E-state index in [9.17, 15) is 18.5 Å². The number of nitro benzene ring substituents is 1. The smallest absolute Gasteiger partial charge is 0.273 e. The second-order valence-corrected chi connectivity index (χ2v) is 5.53. The highest BCUT2D eigenvalue weighted by atomic mass is 32.2. The maximum Gasteiger partial charge on any atom is 0.273 e. The van der Waals surface area contributed by atoms with Gasteiger partial charge in [0.05, 0.1) is 16.4 Å². The van der Waals surface area contributed by atoms with Gasteiger partial charge in [0, 0.05) is 18.2 Å². The fourth-order valence-electron chi connectivity index (χ4n) is 1.42. The molecule has 0 saturated heterocycles. The molecular weight excluding hydrogens is 260 g/mol. The summed E-state index contributed by atoms with van der Waals surface area (Å²) >= 11 is 0. The van der Waals surface area contributed by atoms with Crippen LogP contribution in [0.3, 0.4) is 0 Å². The minimum absolute atomic E-state index is 0.136. The van der Waals surface area contributed by atoms with Crippen LogP contribution in [0, 0.1) is 24.0 Å². The maximum absolute atomic E-state index is 11.8. The molecule has 0 amide bonds. The molecule has 0 spiro atoms. The molecule has 1 rings (SSSR count). The lowest BCUT2D eigenvalue weighted by Gasteiger charge is -2.08. The summed E-state index contributed by atoms with van der Waals surface area (Å²) in [6, 6.07) is 2.38. The zero-order chi connectivity index (χ0) is 13.9. The van der Waals surface area contributed by atoms with Gasteiger partial charge in [-0.1, -0.05) is 0 Å². The van der Waals surface area contributed by atoms with Crippen molar-refractivity contribution in [2.24, 2.45) is 0 Å². The van der Waals surface area contributed by atoms with Crippen molar-refractivity contribution in [1.82, 2.24) is 4.72 Å². The van der Waals surface area contributed by atoms with Crippen LogP contribution in [0.1, 0.15) is 11.1 Å². The molecule has 0 unspecified atom stereocenters. The van der Waals surface area contributed by atoms with Crippen molar-refractivity contribution in [2.75, 3.05) is 13.2 Å². The number of hydrogen-bond donors (Lipinski definition) is 2. The number of aliphatic hydroxyl groups excluding tert-OH is 1. The van der Waals surface area contributed by atoms with Gasteiger partial charge in [-0.25, -0.2) is 13.1 Å². The van der Waals surface area contributed by atoms with E-state index in [2.05, 4.69) is 4.72 Å². The van der Waals surface area contributed by atoms with Crippen LogP contribution in [0.15, 0.2) is 17.0 Å². The Morgan fingerprint density at radius 3 is 2.50 bits per heavy atom. The molecule has 0 heterocycles. The topological polar surface area (TPSA) is 110 Å². The summed E-state index contributed by atoms with van der Waals surface area (Å²) in [6.07, 6.45) is 0. The average molecular weight is 274 g/mol. The fourth-order valence-corrected chi connectivity index (χ4v) is 2.54. The molecule has 0 saturated carbocycles. The Morgan fingerprint density at radius 2 is 2.00 bits per heavy atom. The van der Waals surface area contributed by atoms with E-state index in [-0.39, 0.29) is 23.7 Å². The lowest BCUT2D eigenvalue weighted by Crippen LogP contribution is -2.26. The third-order valence-electron chi connectivity index (χ3n) is 2.52. The number of aryl methyl sites for hydroxylation is 1. The van der Waals surface area contributed by atoms with Crippen LogP contribution in [-0.4, -0.2) is 31.6 Å². The molecule has 2 N–H and O–H groups in total. The molecule has 0 atom stereocenters. The molecule has 0 aliphatic heterocycles. The van der Waals surface area contributed by atoms with Crippen LogP contribution in [0.4, 0.5) is 5.69 Å². The van der Waals surface area contributed by atoms with Gasteiger partial charge in [-0.3, -0.25) is 10.1 Å². The Balaban J connectivity index is 3.31. The first-order valence-corrected chi connectivity index (χ1v) is 6.64. The van der Waals surface area contributed by atoms with Gasteiger partial charge in [0.2, 0.25) is 10.0 Å². The van der Waals surface area contributed by atoms with Crippen LogP contribution in [0.25, 0.3) is 0 Å². The summed E-state index contributed by atoms with van der Waals surface area (Å²) in [4.78, 5) is 10.0. The molecular formula is C10H14N2O5S. The Labute approximate surface area is 105 Å². The van der Waals surface area contributed by atoms with Crippen LogP contribution < -0.4 is 4.72 Å². The lowest BCUT2D eigenvalue weighted by molar-refractivity contribution is -0.385. The predicted octanol–water partition coefficient (Wildman–Crippen LogP) is 0.482. The number of sulfonamides is 1. The van der Waals surface area contributed by atoms with E-state index in [0.29, 0.717) is 11.1 Å². The SMILES string of the molecule is Cc1cc(S(=O)(=O)NCCO)cc([N+](=O)[O-])c1C. The minimum Gasteiger partial charge on any atom is -0.395 e. The molecule has 18 heavy (non-hydrogen) atoms. The van der Waals surface area contributed by atoms with Crippen LogP contribution >= 0.6 is 0 Å². The van der Waals surface area contributed by atoms with Gasteiger partial charge in [-0.2, -0.15) is 0 Å². The van der Waals surface area contributed by atoms with Gasteiger partial charge in [0.15, 0.2) is 0 Å². The van der Waals surface area contributed by atoms with Crippen molar-refractivity contribution in [3.05, 3.63) is 33.4 Å². The molecule has 100 valence electrons. The second kappa shape index (κ2) is 5.42. The van der Waals surface area contributed by atoms with Crippen molar-refractivity contribution >= 4 is 15.7 Å². The number of nitro groups is 1. The quantitative estimate of drug-likeness (QED) is 0.599. The summed E-state index contributed by atoms with van der Waals surface area (Å²) in [5.74, 6) is 0. The van der Waals surface area contributed by atoms with Crippen molar-refractivity contribution < 1.29 is 18.4 Å². The second-order valence-electron chi connectivity index (χ2n) is 3.76. The van der Waals surface area contributed by atoms with Crippen LogP contribution in [0.2, 0.25) is 0 Å². The van der Waals surface area contributed by atoms with Gasteiger partial charge in [0.1, 0.15) is 0 Å². The van der Waals surface area contributed by atoms with Gasteiger partial charge in [-0.15, -0.1) is 0 Å². The summed E-state index contributed by atoms with van der Waals surface area (Å²) < 4.78 is 25.7. The molecule has 0 aliphatic rings. The molecule has 7 nitrogen and oxygen atoms in total. The van der Waals surface area contributed by atoms with Crippen molar-refractivity contribution in [2.45, 2.75) is 18.7 Å². The minimum atomic E-state index is -3.83. The first-order chi connectivity index (χ1) is 8.29. The molecule has 1 aromatic rings. The van der Waals surface area contributed by atoms with E-state index in [1.54, 1.807) is 13.8 Å². The number of benzene rings is 1. The van der Waals surface area contributed by atoms with E-state index < -0.39 is 14.9 Å². The average Bonchev–Trinajstić information content (AvgIpc) is 2.29. The Kier molecular flexibility index (Phi) is 4.38. The molecule has 0 radical (unpaired) electrons. The van der Waals surface area contributed by atoms with Crippen molar-refractivity contribution in [1.29, 1.82) is 0 Å². The third kappa shape index (κ3) is 3.03. The zero-order valence-corrected chi connectivity index (χ0v) is 10.8.